The Morgan fingerprint density at radius 3 is 2.57 bits per heavy atom. The fraction of sp³-hybridized carbons (Fsp3) is 0.562. The molecule has 0 unspecified atom stereocenters. The van der Waals surface area contributed by atoms with Crippen molar-refractivity contribution in [1.29, 1.82) is 0 Å². The lowest BCUT2D eigenvalue weighted by molar-refractivity contribution is -0.119. The lowest BCUT2D eigenvalue weighted by Gasteiger charge is -2.26. The Balaban J connectivity index is 1.66. The summed E-state index contributed by atoms with van der Waals surface area (Å²) in [6.07, 6.45) is 4.25. The van der Waals surface area contributed by atoms with Crippen LogP contribution < -0.4 is 5.32 Å². The van der Waals surface area contributed by atoms with Crippen LogP contribution in [0.25, 0.3) is 0 Å². The van der Waals surface area contributed by atoms with Crippen LogP contribution >= 0.6 is 11.8 Å². The molecule has 2 rings (SSSR count). The molecule has 0 aromatic heterocycles. The summed E-state index contributed by atoms with van der Waals surface area (Å²) >= 11 is 1.51. The first-order valence-corrected chi connectivity index (χ1v) is 8.49. The Bertz CT molecular complexity index is 458. The Labute approximate surface area is 129 Å². The standard InChI is InChI=1S/C16H22FNO2S/c17-14-5-3-13(4-6-14)9-21-10-15(20)18-11-16(12-19)7-1-2-8-16/h3-6,19H,1-2,7-12H2,(H,18,20). The zero-order chi connectivity index (χ0) is 15.1. The molecule has 0 bridgehead atoms. The monoisotopic (exact) mass is 311 g/mol. The molecule has 1 fully saturated rings. The normalized spacial score (nSPS) is 16.9. The molecule has 0 atom stereocenters. The highest BCUT2D eigenvalue weighted by molar-refractivity contribution is 7.99. The summed E-state index contributed by atoms with van der Waals surface area (Å²) in [4.78, 5) is 11.8. The predicted octanol–water partition coefficient (Wildman–Crippen LogP) is 2.73. The van der Waals surface area contributed by atoms with Crippen LogP contribution in [0, 0.1) is 11.2 Å². The molecule has 0 saturated heterocycles. The second kappa shape index (κ2) is 7.80. The van der Waals surface area contributed by atoms with Crippen LogP contribution in [0.4, 0.5) is 4.39 Å². The van der Waals surface area contributed by atoms with Crippen molar-refractivity contribution >= 4 is 17.7 Å². The van der Waals surface area contributed by atoms with Crippen LogP contribution in [-0.2, 0) is 10.5 Å². The van der Waals surface area contributed by atoms with Crippen molar-refractivity contribution in [2.24, 2.45) is 5.41 Å². The number of carbonyl (C=O) groups is 1. The smallest absolute Gasteiger partial charge is 0.230 e. The van der Waals surface area contributed by atoms with Crippen molar-refractivity contribution < 1.29 is 14.3 Å². The molecule has 1 saturated carbocycles. The molecule has 5 heteroatoms. The number of nitrogens with one attached hydrogen (secondary N) is 1. The third-order valence-electron chi connectivity index (χ3n) is 4.08. The van der Waals surface area contributed by atoms with Gasteiger partial charge >= 0.3 is 0 Å². The third kappa shape index (κ3) is 5.00. The topological polar surface area (TPSA) is 49.3 Å². The van der Waals surface area contributed by atoms with Gasteiger partial charge in [-0.15, -0.1) is 11.8 Å². The van der Waals surface area contributed by atoms with E-state index in [4.69, 9.17) is 0 Å². The van der Waals surface area contributed by atoms with Gasteiger partial charge in [0.05, 0.1) is 12.4 Å². The van der Waals surface area contributed by atoms with E-state index in [1.807, 2.05) is 0 Å². The second-order valence-electron chi connectivity index (χ2n) is 5.76. The average molecular weight is 311 g/mol. The predicted molar refractivity (Wildman–Crippen MR) is 83.6 cm³/mol. The van der Waals surface area contributed by atoms with Crippen LogP contribution in [0.2, 0.25) is 0 Å². The van der Waals surface area contributed by atoms with Crippen LogP contribution in [0.3, 0.4) is 0 Å². The van der Waals surface area contributed by atoms with Crippen molar-refractivity contribution in [3.63, 3.8) is 0 Å². The van der Waals surface area contributed by atoms with Gasteiger partial charge in [0, 0.05) is 17.7 Å². The Hall–Kier alpha value is -1.07. The van der Waals surface area contributed by atoms with E-state index in [9.17, 15) is 14.3 Å². The van der Waals surface area contributed by atoms with Crippen LogP contribution in [0.1, 0.15) is 31.2 Å². The molecule has 0 spiro atoms. The van der Waals surface area contributed by atoms with Gasteiger partial charge in [-0.2, -0.15) is 0 Å². The van der Waals surface area contributed by atoms with Crippen molar-refractivity contribution in [2.45, 2.75) is 31.4 Å². The number of hydrogen-bond donors (Lipinski definition) is 2. The number of aliphatic hydroxyl groups excluding tert-OH is 1. The van der Waals surface area contributed by atoms with Gasteiger partial charge in [0.1, 0.15) is 5.82 Å². The number of hydrogen-bond acceptors (Lipinski definition) is 3. The molecule has 1 amide bonds. The number of amides is 1. The van der Waals surface area contributed by atoms with E-state index in [-0.39, 0.29) is 23.7 Å². The van der Waals surface area contributed by atoms with E-state index >= 15 is 0 Å². The molecule has 0 aliphatic heterocycles. The van der Waals surface area contributed by atoms with E-state index in [1.54, 1.807) is 12.1 Å². The van der Waals surface area contributed by atoms with Gasteiger partial charge in [-0.05, 0) is 30.5 Å². The highest BCUT2D eigenvalue weighted by Crippen LogP contribution is 2.36. The molecular weight excluding hydrogens is 289 g/mol. The molecule has 21 heavy (non-hydrogen) atoms. The van der Waals surface area contributed by atoms with E-state index < -0.39 is 0 Å². The van der Waals surface area contributed by atoms with E-state index in [0.29, 0.717) is 18.1 Å². The Kier molecular flexibility index (Phi) is 6.06. The maximum absolute atomic E-state index is 12.8. The van der Waals surface area contributed by atoms with Gasteiger partial charge in [0.15, 0.2) is 0 Å². The number of halogens is 1. The summed E-state index contributed by atoms with van der Waals surface area (Å²) in [5.41, 5.74) is 0.911. The first-order chi connectivity index (χ1) is 10.1. The third-order valence-corrected chi connectivity index (χ3v) is 5.08. The number of aliphatic hydroxyl groups is 1. The van der Waals surface area contributed by atoms with Gasteiger partial charge in [-0.25, -0.2) is 4.39 Å². The highest BCUT2D eigenvalue weighted by atomic mass is 32.2. The summed E-state index contributed by atoms with van der Waals surface area (Å²) in [6, 6.07) is 6.33. The molecule has 0 radical (unpaired) electrons. The number of thioether (sulfide) groups is 1. The van der Waals surface area contributed by atoms with Crippen LogP contribution in [-0.4, -0.2) is 29.9 Å². The van der Waals surface area contributed by atoms with Crippen molar-refractivity contribution in [2.75, 3.05) is 18.9 Å². The summed E-state index contributed by atoms with van der Waals surface area (Å²) in [7, 11) is 0. The van der Waals surface area contributed by atoms with Crippen molar-refractivity contribution in [1.82, 2.24) is 5.32 Å². The Morgan fingerprint density at radius 2 is 1.95 bits per heavy atom. The largest absolute Gasteiger partial charge is 0.396 e. The molecule has 1 aromatic rings. The van der Waals surface area contributed by atoms with Gasteiger partial charge < -0.3 is 10.4 Å². The summed E-state index contributed by atoms with van der Waals surface area (Å²) in [6.45, 7) is 0.718. The minimum absolute atomic E-state index is 0.00170. The Morgan fingerprint density at radius 1 is 1.29 bits per heavy atom. The lowest BCUT2D eigenvalue weighted by atomic mass is 9.87. The summed E-state index contributed by atoms with van der Waals surface area (Å²) in [5.74, 6) is 0.840. The zero-order valence-electron chi connectivity index (χ0n) is 12.1. The number of carbonyl (C=O) groups excluding carboxylic acids is 1. The molecule has 3 nitrogen and oxygen atoms in total. The first-order valence-electron chi connectivity index (χ1n) is 7.33. The number of rotatable bonds is 7. The minimum atomic E-state index is -0.243. The number of benzene rings is 1. The summed E-state index contributed by atoms with van der Waals surface area (Å²) < 4.78 is 12.8. The molecule has 116 valence electrons. The average Bonchev–Trinajstić information content (AvgIpc) is 2.97. The zero-order valence-corrected chi connectivity index (χ0v) is 12.9. The summed E-state index contributed by atoms with van der Waals surface area (Å²) in [5, 5.41) is 12.4. The van der Waals surface area contributed by atoms with Crippen LogP contribution in [0.5, 0.6) is 0 Å². The molecule has 1 aliphatic carbocycles. The fourth-order valence-electron chi connectivity index (χ4n) is 2.70. The molecule has 2 N–H and O–H groups in total. The SMILES string of the molecule is O=C(CSCc1ccc(F)cc1)NCC1(CO)CCCC1. The van der Waals surface area contributed by atoms with Crippen molar-refractivity contribution in [3.8, 4) is 0 Å². The molecule has 1 aromatic carbocycles. The first kappa shape index (κ1) is 16.3. The minimum Gasteiger partial charge on any atom is -0.396 e. The maximum Gasteiger partial charge on any atom is 0.230 e. The molecule has 0 heterocycles. The van der Waals surface area contributed by atoms with Gasteiger partial charge in [0.25, 0.3) is 0 Å². The van der Waals surface area contributed by atoms with Crippen molar-refractivity contribution in [3.05, 3.63) is 35.6 Å². The quantitative estimate of drug-likeness (QED) is 0.814. The van der Waals surface area contributed by atoms with Gasteiger partial charge in [-0.1, -0.05) is 25.0 Å². The van der Waals surface area contributed by atoms with E-state index in [2.05, 4.69) is 5.32 Å². The second-order valence-corrected chi connectivity index (χ2v) is 6.75. The molecule has 1 aliphatic rings. The highest BCUT2D eigenvalue weighted by Gasteiger charge is 2.33. The molecular formula is C16H22FNO2S. The fourth-order valence-corrected chi connectivity index (χ4v) is 3.51. The maximum atomic E-state index is 12.8. The van der Waals surface area contributed by atoms with Crippen LogP contribution in [0.15, 0.2) is 24.3 Å². The van der Waals surface area contributed by atoms with Gasteiger partial charge in [-0.3, -0.25) is 4.79 Å². The van der Waals surface area contributed by atoms with E-state index in [0.717, 1.165) is 31.2 Å². The van der Waals surface area contributed by atoms with E-state index in [1.165, 1.54) is 23.9 Å². The van der Waals surface area contributed by atoms with Gasteiger partial charge in [0.2, 0.25) is 5.91 Å². The lowest BCUT2D eigenvalue weighted by Crippen LogP contribution is -2.39.